The zero-order chi connectivity index (χ0) is 10.1. The highest BCUT2D eigenvalue weighted by Gasteiger charge is 2.48. The minimum atomic E-state index is 0.766. The Labute approximate surface area is 97.8 Å². The van der Waals surface area contributed by atoms with Crippen molar-refractivity contribution in [2.24, 2.45) is 11.3 Å². The van der Waals surface area contributed by atoms with Crippen molar-refractivity contribution in [3.05, 3.63) is 0 Å². The van der Waals surface area contributed by atoms with Crippen molar-refractivity contribution < 1.29 is 0 Å². The van der Waals surface area contributed by atoms with E-state index in [1.807, 2.05) is 0 Å². The van der Waals surface area contributed by atoms with Gasteiger partial charge in [-0.3, -0.25) is 0 Å². The van der Waals surface area contributed by atoms with E-state index in [2.05, 4.69) is 17.1 Å². The monoisotopic (exact) mass is 225 g/mol. The van der Waals surface area contributed by atoms with E-state index in [1.54, 1.807) is 0 Å². The average Bonchev–Trinajstić information content (AvgIpc) is 3.02. The van der Waals surface area contributed by atoms with Crippen molar-refractivity contribution in [1.82, 2.24) is 5.32 Å². The van der Waals surface area contributed by atoms with Crippen molar-refractivity contribution in [2.45, 2.75) is 51.0 Å². The van der Waals surface area contributed by atoms with Crippen LogP contribution in [0.2, 0.25) is 0 Å². The molecule has 1 atom stereocenters. The van der Waals surface area contributed by atoms with E-state index in [4.69, 9.17) is 0 Å². The summed E-state index contributed by atoms with van der Waals surface area (Å²) >= 11 is 2.14. The summed E-state index contributed by atoms with van der Waals surface area (Å²) in [6, 6.07) is 0.833. The molecule has 15 heavy (non-hydrogen) atoms. The molecule has 0 radical (unpaired) electrons. The highest BCUT2D eigenvalue weighted by atomic mass is 32.2. The number of nitrogens with one attached hydrogen (secondary N) is 1. The maximum atomic E-state index is 3.86. The van der Waals surface area contributed by atoms with Gasteiger partial charge in [0.25, 0.3) is 0 Å². The molecule has 0 aromatic carbocycles. The third-order valence-electron chi connectivity index (χ3n) is 4.70. The summed E-state index contributed by atoms with van der Waals surface area (Å²) in [4.78, 5) is 0. The maximum absolute atomic E-state index is 3.86. The van der Waals surface area contributed by atoms with Gasteiger partial charge in [-0.25, -0.2) is 0 Å². The number of hydrogen-bond acceptors (Lipinski definition) is 2. The predicted octanol–water partition coefficient (Wildman–Crippen LogP) is 3.05. The summed E-state index contributed by atoms with van der Waals surface area (Å²) in [6.45, 7) is 1.34. The van der Waals surface area contributed by atoms with Crippen LogP contribution in [0, 0.1) is 11.3 Å². The predicted molar refractivity (Wildman–Crippen MR) is 67.4 cm³/mol. The molecule has 1 heterocycles. The van der Waals surface area contributed by atoms with Gasteiger partial charge in [0.15, 0.2) is 0 Å². The second-order valence-corrected chi connectivity index (χ2v) is 6.93. The third kappa shape index (κ3) is 2.21. The quantitative estimate of drug-likeness (QED) is 0.789. The topological polar surface area (TPSA) is 12.0 Å². The van der Waals surface area contributed by atoms with Crippen molar-refractivity contribution >= 4 is 11.8 Å². The molecule has 3 fully saturated rings. The molecule has 1 aliphatic heterocycles. The molecule has 86 valence electrons. The summed E-state index contributed by atoms with van der Waals surface area (Å²) in [6.07, 6.45) is 10.4. The Morgan fingerprint density at radius 3 is 2.53 bits per heavy atom. The average molecular weight is 225 g/mol. The molecule has 2 saturated carbocycles. The van der Waals surface area contributed by atoms with E-state index >= 15 is 0 Å². The summed E-state index contributed by atoms with van der Waals surface area (Å²) in [5.74, 6) is 3.86. The Balaban J connectivity index is 1.47. The molecule has 0 amide bonds. The van der Waals surface area contributed by atoms with Crippen LogP contribution in [0.4, 0.5) is 0 Å². The lowest BCUT2D eigenvalue weighted by atomic mass is 9.65. The van der Waals surface area contributed by atoms with Crippen LogP contribution in [0.15, 0.2) is 0 Å². The van der Waals surface area contributed by atoms with Gasteiger partial charge in [0, 0.05) is 18.3 Å². The maximum Gasteiger partial charge on any atom is 0.0158 e. The van der Waals surface area contributed by atoms with Gasteiger partial charge >= 0.3 is 0 Å². The molecule has 3 aliphatic rings. The zero-order valence-corrected chi connectivity index (χ0v) is 10.5. The molecule has 0 bridgehead atoms. The van der Waals surface area contributed by atoms with E-state index in [-0.39, 0.29) is 0 Å². The van der Waals surface area contributed by atoms with Gasteiger partial charge in [0.05, 0.1) is 0 Å². The van der Waals surface area contributed by atoms with Crippen molar-refractivity contribution in [1.29, 1.82) is 0 Å². The first kappa shape index (κ1) is 10.5. The van der Waals surface area contributed by atoms with Gasteiger partial charge in [-0.1, -0.05) is 6.42 Å². The Morgan fingerprint density at radius 2 is 2.00 bits per heavy atom. The molecule has 0 aromatic rings. The van der Waals surface area contributed by atoms with E-state index in [1.165, 1.54) is 63.0 Å². The van der Waals surface area contributed by atoms with Crippen molar-refractivity contribution in [3.8, 4) is 0 Å². The van der Waals surface area contributed by atoms with Crippen molar-refractivity contribution in [3.63, 3.8) is 0 Å². The Hall–Kier alpha value is 0.310. The Morgan fingerprint density at radius 1 is 1.13 bits per heavy atom. The number of rotatable bonds is 4. The van der Waals surface area contributed by atoms with Crippen LogP contribution in [0.5, 0.6) is 0 Å². The Kier molecular flexibility index (Phi) is 2.99. The first-order chi connectivity index (χ1) is 7.39. The molecular formula is C13H23NS. The molecule has 2 aliphatic carbocycles. The summed E-state index contributed by atoms with van der Waals surface area (Å²) in [5, 5.41) is 3.86. The molecule has 1 unspecified atom stereocenters. The Bertz CT molecular complexity index is 215. The smallest absolute Gasteiger partial charge is 0.0158 e. The molecule has 1 nitrogen and oxygen atoms in total. The van der Waals surface area contributed by atoms with Crippen LogP contribution in [0.1, 0.15) is 44.9 Å². The molecule has 0 spiro atoms. The van der Waals surface area contributed by atoms with Crippen molar-refractivity contribution in [2.75, 3.05) is 18.1 Å². The molecule has 3 rings (SSSR count). The molecule has 2 heteroatoms. The fourth-order valence-corrected chi connectivity index (χ4v) is 4.41. The van der Waals surface area contributed by atoms with Gasteiger partial charge in [-0.05, 0) is 55.6 Å². The van der Waals surface area contributed by atoms with Gasteiger partial charge in [-0.15, -0.1) is 0 Å². The second-order valence-electron chi connectivity index (χ2n) is 5.79. The van der Waals surface area contributed by atoms with Crippen LogP contribution in [0.25, 0.3) is 0 Å². The highest BCUT2D eigenvalue weighted by molar-refractivity contribution is 7.99. The lowest BCUT2D eigenvalue weighted by Gasteiger charge is -2.44. The SMILES string of the molecule is C1CSCC(NCC2(C3CC3)CCC2)C1. The van der Waals surface area contributed by atoms with Crippen LogP contribution in [-0.2, 0) is 0 Å². The minimum Gasteiger partial charge on any atom is -0.313 e. The van der Waals surface area contributed by atoms with Gasteiger partial charge in [0.2, 0.25) is 0 Å². The first-order valence-corrected chi connectivity index (χ1v) is 7.86. The van der Waals surface area contributed by atoms with Gasteiger partial charge in [0.1, 0.15) is 0 Å². The molecular weight excluding hydrogens is 202 g/mol. The molecule has 1 N–H and O–H groups in total. The number of thioether (sulfide) groups is 1. The van der Waals surface area contributed by atoms with E-state index in [9.17, 15) is 0 Å². The van der Waals surface area contributed by atoms with Crippen LogP contribution >= 0.6 is 11.8 Å². The lowest BCUT2D eigenvalue weighted by Crippen LogP contribution is -2.46. The molecule has 1 saturated heterocycles. The largest absolute Gasteiger partial charge is 0.313 e. The van der Waals surface area contributed by atoms with E-state index in [0.29, 0.717) is 0 Å². The first-order valence-electron chi connectivity index (χ1n) is 6.70. The fourth-order valence-electron chi connectivity index (χ4n) is 3.31. The fraction of sp³-hybridized carbons (Fsp3) is 1.00. The highest BCUT2D eigenvalue weighted by Crippen LogP contribution is 2.56. The van der Waals surface area contributed by atoms with Gasteiger partial charge in [-0.2, -0.15) is 11.8 Å². The van der Waals surface area contributed by atoms with E-state index < -0.39 is 0 Å². The summed E-state index contributed by atoms with van der Waals surface area (Å²) < 4.78 is 0. The summed E-state index contributed by atoms with van der Waals surface area (Å²) in [7, 11) is 0. The van der Waals surface area contributed by atoms with E-state index in [0.717, 1.165) is 17.4 Å². The zero-order valence-electron chi connectivity index (χ0n) is 9.63. The minimum absolute atomic E-state index is 0.766. The standard InChI is InChI=1S/C13H23NS/c1-3-12(9-15-8-1)14-10-13(6-2-7-13)11-4-5-11/h11-12,14H,1-10H2. The van der Waals surface area contributed by atoms with Gasteiger partial charge < -0.3 is 5.32 Å². The second kappa shape index (κ2) is 4.29. The third-order valence-corrected chi connectivity index (χ3v) is 5.91. The summed E-state index contributed by atoms with van der Waals surface area (Å²) in [5.41, 5.74) is 0.766. The number of hydrogen-bond donors (Lipinski definition) is 1. The van der Waals surface area contributed by atoms with Crippen LogP contribution < -0.4 is 5.32 Å². The molecule has 0 aromatic heterocycles. The normalized spacial score (nSPS) is 34.8. The lowest BCUT2D eigenvalue weighted by molar-refractivity contribution is 0.0950. The van der Waals surface area contributed by atoms with Crippen LogP contribution in [-0.4, -0.2) is 24.1 Å². The van der Waals surface area contributed by atoms with Crippen LogP contribution in [0.3, 0.4) is 0 Å².